The summed E-state index contributed by atoms with van der Waals surface area (Å²) in [5, 5.41) is 3.09. The van der Waals surface area contributed by atoms with Crippen LogP contribution in [-0.4, -0.2) is 42.4 Å². The molecule has 5 heteroatoms. The molecule has 1 fully saturated rings. The van der Waals surface area contributed by atoms with E-state index in [4.69, 9.17) is 0 Å². The quantitative estimate of drug-likeness (QED) is 0.927. The highest BCUT2D eigenvalue weighted by Gasteiger charge is 2.30. The van der Waals surface area contributed by atoms with Crippen LogP contribution in [0.5, 0.6) is 0 Å². The second-order valence-corrected chi connectivity index (χ2v) is 6.14. The third kappa shape index (κ3) is 4.14. The molecule has 1 heterocycles. The summed E-state index contributed by atoms with van der Waals surface area (Å²) in [7, 11) is 1.89. The molecule has 3 nitrogen and oxygen atoms in total. The molecule has 2 atom stereocenters. The zero-order chi connectivity index (χ0) is 13.7. The van der Waals surface area contributed by atoms with Crippen molar-refractivity contribution in [2.45, 2.75) is 13.0 Å². The summed E-state index contributed by atoms with van der Waals surface area (Å²) in [5.74, 6) is 2.35. The van der Waals surface area contributed by atoms with Gasteiger partial charge >= 0.3 is 0 Å². The Hall–Kier alpha value is -0.710. The Morgan fingerprint density at radius 3 is 2.80 bits per heavy atom. The molecule has 20 heavy (non-hydrogen) atoms. The number of carbonyl (C=O) groups is 1. The van der Waals surface area contributed by atoms with Crippen molar-refractivity contribution in [3.63, 3.8) is 0 Å². The van der Waals surface area contributed by atoms with Crippen molar-refractivity contribution in [2.75, 3.05) is 31.6 Å². The highest BCUT2D eigenvalue weighted by atomic mass is 35.5. The minimum absolute atomic E-state index is 0. The minimum atomic E-state index is 0. The Morgan fingerprint density at radius 1 is 1.45 bits per heavy atom. The predicted molar refractivity (Wildman–Crippen MR) is 88.6 cm³/mol. The number of carbonyl (C=O) groups excluding carboxylic acids is 1. The van der Waals surface area contributed by atoms with Crippen LogP contribution in [0.15, 0.2) is 30.3 Å². The number of nitrogens with zero attached hydrogens (tertiary/aromatic N) is 1. The Kier molecular flexibility index (Phi) is 7.41. The van der Waals surface area contributed by atoms with Crippen molar-refractivity contribution in [3.8, 4) is 0 Å². The van der Waals surface area contributed by atoms with Crippen LogP contribution in [0.2, 0.25) is 0 Å². The molecule has 1 aromatic carbocycles. The normalized spacial score (nSPS) is 20.1. The number of hydrogen-bond acceptors (Lipinski definition) is 3. The lowest BCUT2D eigenvalue weighted by Crippen LogP contribution is -2.45. The molecule has 1 aliphatic rings. The largest absolute Gasteiger partial charge is 0.334 e. The molecule has 0 aliphatic carbocycles. The third-order valence-corrected chi connectivity index (χ3v) is 4.55. The van der Waals surface area contributed by atoms with E-state index in [1.807, 2.05) is 43.9 Å². The summed E-state index contributed by atoms with van der Waals surface area (Å²) in [5.41, 5.74) is 1.25. The Morgan fingerprint density at radius 2 is 2.15 bits per heavy atom. The minimum Gasteiger partial charge on any atom is -0.334 e. The van der Waals surface area contributed by atoms with Crippen LogP contribution in [0.25, 0.3) is 0 Å². The predicted octanol–water partition coefficient (Wildman–Crippen LogP) is 2.58. The summed E-state index contributed by atoms with van der Waals surface area (Å²) in [4.78, 5) is 14.6. The lowest BCUT2D eigenvalue weighted by atomic mass is 10.0. The summed E-state index contributed by atoms with van der Waals surface area (Å²) in [6, 6.07) is 10.6. The first-order chi connectivity index (χ1) is 9.24. The number of amides is 1. The average Bonchev–Trinajstić information content (AvgIpc) is 2.47. The molecular formula is C15H23ClN2OS. The first-order valence-electron chi connectivity index (χ1n) is 6.81. The van der Waals surface area contributed by atoms with E-state index in [1.165, 1.54) is 5.56 Å². The van der Waals surface area contributed by atoms with Gasteiger partial charge in [0.1, 0.15) is 0 Å². The van der Waals surface area contributed by atoms with Gasteiger partial charge in [-0.05, 0) is 12.6 Å². The zero-order valence-corrected chi connectivity index (χ0v) is 13.7. The molecule has 2 unspecified atom stereocenters. The highest BCUT2D eigenvalue weighted by Crippen LogP contribution is 2.30. The van der Waals surface area contributed by atoms with E-state index in [9.17, 15) is 4.79 Å². The Balaban J connectivity index is 0.00000200. The van der Waals surface area contributed by atoms with E-state index in [1.54, 1.807) is 0 Å². The monoisotopic (exact) mass is 314 g/mol. The number of thioether (sulfide) groups is 1. The van der Waals surface area contributed by atoms with Gasteiger partial charge < -0.3 is 10.2 Å². The van der Waals surface area contributed by atoms with Crippen LogP contribution >= 0.6 is 24.2 Å². The SMILES string of the molecule is CNCC(C)C(=O)N1CCSCC1c1ccccc1.Cl. The van der Waals surface area contributed by atoms with Gasteiger partial charge in [-0.15, -0.1) is 12.4 Å². The van der Waals surface area contributed by atoms with Gasteiger partial charge in [-0.25, -0.2) is 0 Å². The molecule has 2 rings (SSSR count). The van der Waals surface area contributed by atoms with E-state index in [0.29, 0.717) is 0 Å². The first-order valence-corrected chi connectivity index (χ1v) is 7.97. The number of rotatable bonds is 4. The van der Waals surface area contributed by atoms with Gasteiger partial charge in [0.15, 0.2) is 0 Å². The molecule has 0 radical (unpaired) electrons. The van der Waals surface area contributed by atoms with Crippen molar-refractivity contribution in [2.24, 2.45) is 5.92 Å². The molecular weight excluding hydrogens is 292 g/mol. The maximum absolute atomic E-state index is 12.5. The van der Waals surface area contributed by atoms with Crippen LogP contribution in [0.3, 0.4) is 0 Å². The second kappa shape index (κ2) is 8.55. The zero-order valence-electron chi connectivity index (χ0n) is 12.0. The fourth-order valence-electron chi connectivity index (χ4n) is 2.50. The summed E-state index contributed by atoms with van der Waals surface area (Å²) in [6.07, 6.45) is 0. The molecule has 0 bridgehead atoms. The smallest absolute Gasteiger partial charge is 0.227 e. The number of benzene rings is 1. The molecule has 1 amide bonds. The van der Waals surface area contributed by atoms with E-state index >= 15 is 0 Å². The van der Waals surface area contributed by atoms with Crippen LogP contribution < -0.4 is 5.32 Å². The lowest BCUT2D eigenvalue weighted by Gasteiger charge is -2.37. The average molecular weight is 315 g/mol. The molecule has 1 saturated heterocycles. The van der Waals surface area contributed by atoms with Crippen molar-refractivity contribution < 1.29 is 4.79 Å². The molecule has 112 valence electrons. The lowest BCUT2D eigenvalue weighted by molar-refractivity contribution is -0.136. The fourth-order valence-corrected chi connectivity index (χ4v) is 3.58. The van der Waals surface area contributed by atoms with Crippen molar-refractivity contribution >= 4 is 30.1 Å². The molecule has 0 spiro atoms. The van der Waals surface area contributed by atoms with E-state index < -0.39 is 0 Å². The van der Waals surface area contributed by atoms with Gasteiger partial charge in [0, 0.05) is 30.5 Å². The molecule has 1 aromatic rings. The van der Waals surface area contributed by atoms with Gasteiger partial charge in [-0.1, -0.05) is 37.3 Å². The maximum Gasteiger partial charge on any atom is 0.227 e. The molecule has 1 aliphatic heterocycles. The van der Waals surface area contributed by atoms with Crippen LogP contribution in [-0.2, 0) is 4.79 Å². The van der Waals surface area contributed by atoms with E-state index in [0.717, 1.165) is 24.6 Å². The van der Waals surface area contributed by atoms with Gasteiger partial charge in [0.25, 0.3) is 0 Å². The van der Waals surface area contributed by atoms with Gasteiger partial charge in [-0.2, -0.15) is 11.8 Å². The standard InChI is InChI=1S/C15H22N2OS.ClH/c1-12(10-16-2)15(18)17-8-9-19-11-14(17)13-6-4-3-5-7-13;/h3-7,12,14,16H,8-11H2,1-2H3;1H. The van der Waals surface area contributed by atoms with E-state index in [-0.39, 0.29) is 30.3 Å². The number of hydrogen-bond donors (Lipinski definition) is 1. The molecule has 0 aromatic heterocycles. The summed E-state index contributed by atoms with van der Waals surface area (Å²) in [6.45, 7) is 3.60. The van der Waals surface area contributed by atoms with Gasteiger partial charge in [0.2, 0.25) is 5.91 Å². The van der Waals surface area contributed by atoms with Crippen LogP contribution in [0.4, 0.5) is 0 Å². The summed E-state index contributed by atoms with van der Waals surface area (Å²) < 4.78 is 0. The van der Waals surface area contributed by atoms with Crippen molar-refractivity contribution in [1.82, 2.24) is 10.2 Å². The van der Waals surface area contributed by atoms with Crippen LogP contribution in [0, 0.1) is 5.92 Å². The van der Waals surface area contributed by atoms with Crippen molar-refractivity contribution in [1.29, 1.82) is 0 Å². The summed E-state index contributed by atoms with van der Waals surface area (Å²) >= 11 is 1.93. The number of halogens is 1. The van der Waals surface area contributed by atoms with Crippen LogP contribution in [0.1, 0.15) is 18.5 Å². The Labute approximate surface area is 131 Å². The topological polar surface area (TPSA) is 32.3 Å². The third-order valence-electron chi connectivity index (χ3n) is 3.53. The fraction of sp³-hybridized carbons (Fsp3) is 0.533. The van der Waals surface area contributed by atoms with Gasteiger partial charge in [0.05, 0.1) is 6.04 Å². The Bertz CT molecular complexity index is 416. The van der Waals surface area contributed by atoms with Crippen molar-refractivity contribution in [3.05, 3.63) is 35.9 Å². The molecule has 1 N–H and O–H groups in total. The number of nitrogens with one attached hydrogen (secondary N) is 1. The maximum atomic E-state index is 12.5. The first kappa shape index (κ1) is 17.3. The van der Waals surface area contributed by atoms with Gasteiger partial charge in [-0.3, -0.25) is 4.79 Å². The highest BCUT2D eigenvalue weighted by molar-refractivity contribution is 7.99. The second-order valence-electron chi connectivity index (χ2n) is 4.99. The van der Waals surface area contributed by atoms with E-state index in [2.05, 4.69) is 22.3 Å². The molecule has 0 saturated carbocycles.